The number of quaternary nitrogens is 1. The summed E-state index contributed by atoms with van der Waals surface area (Å²) < 4.78 is 12.2. The zero-order valence-corrected chi connectivity index (χ0v) is 21.7. The van der Waals surface area contributed by atoms with Gasteiger partial charge in [-0.2, -0.15) is 0 Å². The van der Waals surface area contributed by atoms with Crippen LogP contribution in [-0.2, 0) is 16.1 Å². The molecule has 2 aromatic carbocycles. The first-order valence-corrected chi connectivity index (χ1v) is 12.9. The number of benzene rings is 2. The lowest BCUT2D eigenvalue weighted by Gasteiger charge is -2.41. The average molecular weight is 491 g/mol. The van der Waals surface area contributed by atoms with Crippen LogP contribution in [0, 0.1) is 0 Å². The fourth-order valence-electron chi connectivity index (χ4n) is 4.78. The van der Waals surface area contributed by atoms with E-state index in [1.807, 2.05) is 24.3 Å². The van der Waals surface area contributed by atoms with Crippen molar-refractivity contribution in [2.75, 3.05) is 32.9 Å². The van der Waals surface area contributed by atoms with Crippen LogP contribution in [0.3, 0.4) is 0 Å². The standard InChI is InChI=1S/C31H39NO4/c1-4-5-20-35-21-22-36-29-16-13-27(14-17-29)30-18-15-28(31(33)34)12-9-19-32(30,23-25(2)3)24-26-10-7-6-8-11-26/h6-8,10-11,13-18H,2,4-5,9,12,19-24H2,1,3H3/p+1. The van der Waals surface area contributed by atoms with Crippen molar-refractivity contribution in [3.05, 3.63) is 95.6 Å². The molecule has 1 N–H and O–H groups in total. The van der Waals surface area contributed by atoms with Gasteiger partial charge < -0.3 is 14.6 Å². The van der Waals surface area contributed by atoms with Gasteiger partial charge in [0.1, 0.15) is 31.1 Å². The van der Waals surface area contributed by atoms with Gasteiger partial charge in [-0.3, -0.25) is 4.48 Å². The normalized spacial score (nSPS) is 17.9. The van der Waals surface area contributed by atoms with Gasteiger partial charge in [-0.15, -0.1) is 0 Å². The van der Waals surface area contributed by atoms with Crippen LogP contribution in [0.15, 0.2) is 84.5 Å². The summed E-state index contributed by atoms with van der Waals surface area (Å²) in [5.41, 5.74) is 4.94. The minimum absolute atomic E-state index is 0.448. The number of carbonyl (C=O) groups is 1. The van der Waals surface area contributed by atoms with E-state index < -0.39 is 5.97 Å². The highest BCUT2D eigenvalue weighted by atomic mass is 16.5. The van der Waals surface area contributed by atoms with E-state index in [9.17, 15) is 9.90 Å². The van der Waals surface area contributed by atoms with Crippen LogP contribution < -0.4 is 4.74 Å². The molecule has 0 saturated heterocycles. The monoisotopic (exact) mass is 490 g/mol. The number of hydrogen-bond acceptors (Lipinski definition) is 3. The first-order valence-electron chi connectivity index (χ1n) is 12.9. The molecule has 1 atom stereocenters. The van der Waals surface area contributed by atoms with E-state index in [1.54, 1.807) is 6.08 Å². The van der Waals surface area contributed by atoms with Gasteiger partial charge in [0.25, 0.3) is 0 Å². The lowest BCUT2D eigenvalue weighted by molar-refractivity contribution is -0.869. The van der Waals surface area contributed by atoms with E-state index in [-0.39, 0.29) is 0 Å². The van der Waals surface area contributed by atoms with Crippen LogP contribution >= 0.6 is 0 Å². The van der Waals surface area contributed by atoms with Crippen LogP contribution in [0.1, 0.15) is 50.7 Å². The Morgan fingerprint density at radius 2 is 1.78 bits per heavy atom. The number of hydrogen-bond donors (Lipinski definition) is 1. The Morgan fingerprint density at radius 1 is 1.03 bits per heavy atom. The van der Waals surface area contributed by atoms with Crippen molar-refractivity contribution < 1.29 is 23.9 Å². The predicted molar refractivity (Wildman–Crippen MR) is 146 cm³/mol. The summed E-state index contributed by atoms with van der Waals surface area (Å²) in [6.07, 6.45) is 7.31. The van der Waals surface area contributed by atoms with Crippen molar-refractivity contribution in [1.82, 2.24) is 0 Å². The molecule has 5 heteroatoms. The summed E-state index contributed by atoms with van der Waals surface area (Å²) in [5.74, 6) is -0.0504. The Balaban J connectivity index is 1.93. The molecule has 1 aliphatic rings. The maximum Gasteiger partial charge on any atom is 0.331 e. The quantitative estimate of drug-likeness (QED) is 0.195. The SMILES string of the molecule is C=C(C)C[N+]1(Cc2ccccc2)CCCC(C(=O)O)=CC=C1c1ccc(OCCOCCCC)cc1. The lowest BCUT2D eigenvalue weighted by atomic mass is 9.98. The fraction of sp³-hybridized carbons (Fsp3) is 0.387. The molecule has 1 unspecified atom stereocenters. The summed E-state index contributed by atoms with van der Waals surface area (Å²) in [6.45, 7) is 12.7. The number of allylic oxidation sites excluding steroid dienone is 2. The Bertz CT molecular complexity index is 1060. The molecule has 1 aliphatic heterocycles. The number of carboxylic acids is 1. The molecule has 192 valence electrons. The zero-order valence-electron chi connectivity index (χ0n) is 21.7. The van der Waals surface area contributed by atoms with Gasteiger partial charge >= 0.3 is 5.97 Å². The highest BCUT2D eigenvalue weighted by Crippen LogP contribution is 2.35. The Labute approximate surface area is 216 Å². The fourth-order valence-corrected chi connectivity index (χ4v) is 4.78. The molecule has 0 spiro atoms. The number of aliphatic carboxylic acids is 1. The van der Waals surface area contributed by atoms with E-state index in [2.05, 4.69) is 56.8 Å². The number of ether oxygens (including phenoxy) is 2. The van der Waals surface area contributed by atoms with Gasteiger partial charge in [0.15, 0.2) is 0 Å². The average Bonchev–Trinajstić information content (AvgIpc) is 2.84. The molecule has 36 heavy (non-hydrogen) atoms. The van der Waals surface area contributed by atoms with Gasteiger partial charge in [0.05, 0.1) is 13.2 Å². The molecule has 1 heterocycles. The Hall–Kier alpha value is -3.15. The van der Waals surface area contributed by atoms with Gasteiger partial charge in [-0.1, -0.05) is 50.3 Å². The zero-order chi connectivity index (χ0) is 25.8. The summed E-state index contributed by atoms with van der Waals surface area (Å²) in [6, 6.07) is 18.6. The van der Waals surface area contributed by atoms with E-state index in [4.69, 9.17) is 9.47 Å². The number of rotatable bonds is 13. The predicted octanol–water partition coefficient (Wildman–Crippen LogP) is 6.62. The molecule has 2 aromatic rings. The molecular weight excluding hydrogens is 450 g/mol. The van der Waals surface area contributed by atoms with E-state index >= 15 is 0 Å². The molecule has 5 nitrogen and oxygen atoms in total. The molecule has 0 bridgehead atoms. The second-order valence-electron chi connectivity index (χ2n) is 9.62. The van der Waals surface area contributed by atoms with Crippen molar-refractivity contribution in [2.24, 2.45) is 0 Å². The molecule has 0 fully saturated rings. The first kappa shape index (κ1) is 27.4. The Kier molecular flexibility index (Phi) is 10.5. The van der Waals surface area contributed by atoms with Crippen molar-refractivity contribution in [2.45, 2.75) is 46.1 Å². The first-order chi connectivity index (χ1) is 17.4. The molecule has 0 aromatic heterocycles. The summed E-state index contributed by atoms with van der Waals surface area (Å²) in [7, 11) is 0. The van der Waals surface area contributed by atoms with Crippen LogP contribution in [0.2, 0.25) is 0 Å². The molecular formula is C31H40NO4+. The maximum atomic E-state index is 11.8. The number of nitrogens with zero attached hydrogens (tertiary/aromatic N) is 1. The van der Waals surface area contributed by atoms with Crippen molar-refractivity contribution >= 4 is 11.7 Å². The van der Waals surface area contributed by atoms with Crippen LogP contribution in [0.25, 0.3) is 5.70 Å². The third-order valence-corrected chi connectivity index (χ3v) is 6.45. The van der Waals surface area contributed by atoms with E-state index in [0.717, 1.165) is 68.1 Å². The van der Waals surface area contributed by atoms with Crippen LogP contribution in [-0.4, -0.2) is 48.5 Å². The maximum absolute atomic E-state index is 11.8. The van der Waals surface area contributed by atoms with Gasteiger partial charge in [0, 0.05) is 35.8 Å². The smallest absolute Gasteiger partial charge is 0.331 e. The van der Waals surface area contributed by atoms with Gasteiger partial charge in [-0.05, 0) is 55.7 Å². The topological polar surface area (TPSA) is 55.8 Å². The number of carboxylic acid groups (broad SMARTS) is 1. The molecule has 0 amide bonds. The summed E-state index contributed by atoms with van der Waals surface area (Å²) in [4.78, 5) is 11.8. The minimum Gasteiger partial charge on any atom is -0.491 e. The second-order valence-corrected chi connectivity index (χ2v) is 9.62. The minimum atomic E-state index is -0.849. The molecule has 0 saturated carbocycles. The molecule has 0 aliphatic carbocycles. The summed E-state index contributed by atoms with van der Waals surface area (Å²) >= 11 is 0. The highest BCUT2D eigenvalue weighted by Gasteiger charge is 2.35. The van der Waals surface area contributed by atoms with E-state index in [0.29, 0.717) is 29.7 Å². The molecule has 0 radical (unpaired) electrons. The largest absolute Gasteiger partial charge is 0.491 e. The van der Waals surface area contributed by atoms with E-state index in [1.165, 1.54) is 5.56 Å². The Morgan fingerprint density at radius 3 is 2.44 bits per heavy atom. The van der Waals surface area contributed by atoms with Crippen molar-refractivity contribution in [3.8, 4) is 5.75 Å². The van der Waals surface area contributed by atoms with Crippen LogP contribution in [0.4, 0.5) is 0 Å². The third kappa shape index (κ3) is 7.94. The van der Waals surface area contributed by atoms with Gasteiger partial charge in [-0.25, -0.2) is 4.79 Å². The van der Waals surface area contributed by atoms with Crippen molar-refractivity contribution in [3.63, 3.8) is 0 Å². The van der Waals surface area contributed by atoms with Crippen molar-refractivity contribution in [1.29, 1.82) is 0 Å². The molecule has 3 rings (SSSR count). The second kappa shape index (κ2) is 13.8. The van der Waals surface area contributed by atoms with Gasteiger partial charge in [0.2, 0.25) is 0 Å². The highest BCUT2D eigenvalue weighted by molar-refractivity contribution is 5.87. The van der Waals surface area contributed by atoms with Crippen LogP contribution in [0.5, 0.6) is 5.75 Å². The summed E-state index contributed by atoms with van der Waals surface area (Å²) in [5, 5.41) is 9.67. The third-order valence-electron chi connectivity index (χ3n) is 6.45. The number of unbranched alkanes of at least 4 members (excludes halogenated alkanes) is 1. The lowest BCUT2D eigenvalue weighted by Crippen LogP contribution is -2.47.